The first kappa shape index (κ1) is 15.2. The van der Waals surface area contributed by atoms with Crippen LogP contribution in [0.2, 0.25) is 0 Å². The molecule has 0 radical (unpaired) electrons. The van der Waals surface area contributed by atoms with Crippen LogP contribution in [0.15, 0.2) is 0 Å². The lowest BCUT2D eigenvalue weighted by Gasteiger charge is -2.34. The third kappa shape index (κ3) is 5.69. The number of hydrogen-bond acceptors (Lipinski definition) is 4. The molecular weight excluding hydrogens is 230 g/mol. The zero-order chi connectivity index (χ0) is 13.6. The zero-order valence-electron chi connectivity index (χ0n) is 11.9. The van der Waals surface area contributed by atoms with E-state index in [0.29, 0.717) is 6.61 Å². The molecule has 0 bridgehead atoms. The molecule has 1 aliphatic heterocycles. The summed E-state index contributed by atoms with van der Waals surface area (Å²) in [5, 5.41) is 0. The van der Waals surface area contributed by atoms with Crippen LogP contribution in [0.25, 0.3) is 0 Å². The number of carbonyl (C=O) groups excluding carboxylic acids is 1. The van der Waals surface area contributed by atoms with Gasteiger partial charge in [-0.05, 0) is 40.2 Å². The van der Waals surface area contributed by atoms with Gasteiger partial charge in [0.25, 0.3) is 0 Å². The van der Waals surface area contributed by atoms with Crippen LogP contribution in [0.1, 0.15) is 33.6 Å². The number of nitrogens with two attached hydrogens (primary N) is 1. The fourth-order valence-corrected chi connectivity index (χ4v) is 2.13. The highest BCUT2D eigenvalue weighted by molar-refractivity contribution is 5.67. The number of rotatable bonds is 5. The molecule has 0 atom stereocenters. The molecule has 0 aliphatic carbocycles. The summed E-state index contributed by atoms with van der Waals surface area (Å²) in [6.07, 6.45) is 1.97. The summed E-state index contributed by atoms with van der Waals surface area (Å²) < 4.78 is 4.99. The molecule has 1 heterocycles. The Morgan fingerprint density at radius 2 is 1.89 bits per heavy atom. The SMILES string of the molecule is CCOC(=O)N1CCN(CCCC(C)(C)N)CC1. The van der Waals surface area contributed by atoms with Crippen molar-refractivity contribution in [2.24, 2.45) is 5.73 Å². The first-order valence-electron chi connectivity index (χ1n) is 6.85. The Bertz CT molecular complexity index is 255. The number of piperazine rings is 1. The van der Waals surface area contributed by atoms with E-state index in [0.717, 1.165) is 45.6 Å². The Kier molecular flexibility index (Phi) is 5.88. The number of nitrogens with zero attached hydrogens (tertiary/aromatic N) is 2. The molecule has 1 rings (SSSR count). The normalized spacial score (nSPS) is 17.9. The topological polar surface area (TPSA) is 58.8 Å². The van der Waals surface area contributed by atoms with E-state index >= 15 is 0 Å². The third-order valence-electron chi connectivity index (χ3n) is 3.19. The maximum Gasteiger partial charge on any atom is 0.409 e. The first-order valence-corrected chi connectivity index (χ1v) is 6.85. The van der Waals surface area contributed by atoms with Crippen molar-refractivity contribution in [3.63, 3.8) is 0 Å². The van der Waals surface area contributed by atoms with E-state index in [9.17, 15) is 4.79 Å². The van der Waals surface area contributed by atoms with Gasteiger partial charge in [0, 0.05) is 31.7 Å². The van der Waals surface area contributed by atoms with E-state index in [1.807, 2.05) is 6.92 Å². The molecule has 5 heteroatoms. The second-order valence-electron chi connectivity index (χ2n) is 5.62. The van der Waals surface area contributed by atoms with Crippen LogP contribution in [0.5, 0.6) is 0 Å². The maximum atomic E-state index is 11.5. The van der Waals surface area contributed by atoms with Crippen LogP contribution in [-0.2, 0) is 4.74 Å². The molecule has 5 nitrogen and oxygen atoms in total. The van der Waals surface area contributed by atoms with Crippen LogP contribution < -0.4 is 5.73 Å². The summed E-state index contributed by atoms with van der Waals surface area (Å²) in [6.45, 7) is 10.9. The van der Waals surface area contributed by atoms with E-state index in [1.54, 1.807) is 4.90 Å². The van der Waals surface area contributed by atoms with Gasteiger partial charge < -0.3 is 15.4 Å². The summed E-state index contributed by atoms with van der Waals surface area (Å²) in [4.78, 5) is 15.7. The molecule has 2 N–H and O–H groups in total. The second-order valence-corrected chi connectivity index (χ2v) is 5.62. The molecule has 1 fully saturated rings. The number of amides is 1. The lowest BCUT2D eigenvalue weighted by atomic mass is 10.00. The van der Waals surface area contributed by atoms with E-state index in [-0.39, 0.29) is 11.6 Å². The molecule has 1 amide bonds. The summed E-state index contributed by atoms with van der Waals surface area (Å²) in [5.41, 5.74) is 5.88. The van der Waals surface area contributed by atoms with Gasteiger partial charge in [-0.2, -0.15) is 0 Å². The Morgan fingerprint density at radius 1 is 1.28 bits per heavy atom. The predicted molar refractivity (Wildman–Crippen MR) is 72.5 cm³/mol. The van der Waals surface area contributed by atoms with Crippen molar-refractivity contribution >= 4 is 6.09 Å². The number of hydrogen-bond donors (Lipinski definition) is 1. The van der Waals surface area contributed by atoms with E-state index < -0.39 is 0 Å². The first-order chi connectivity index (χ1) is 8.42. The van der Waals surface area contributed by atoms with Gasteiger partial charge in [0.2, 0.25) is 0 Å². The highest BCUT2D eigenvalue weighted by atomic mass is 16.6. The van der Waals surface area contributed by atoms with Gasteiger partial charge in [-0.3, -0.25) is 4.90 Å². The highest BCUT2D eigenvalue weighted by Gasteiger charge is 2.21. The summed E-state index contributed by atoms with van der Waals surface area (Å²) >= 11 is 0. The fourth-order valence-electron chi connectivity index (χ4n) is 2.13. The largest absolute Gasteiger partial charge is 0.450 e. The molecule has 0 spiro atoms. The predicted octanol–water partition coefficient (Wildman–Crippen LogP) is 1.28. The van der Waals surface area contributed by atoms with Crippen molar-refractivity contribution < 1.29 is 9.53 Å². The minimum atomic E-state index is -0.180. The number of carbonyl (C=O) groups is 1. The maximum absolute atomic E-state index is 11.5. The molecule has 0 aromatic rings. The van der Waals surface area contributed by atoms with Gasteiger partial charge in [0.15, 0.2) is 0 Å². The smallest absolute Gasteiger partial charge is 0.409 e. The Balaban J connectivity index is 2.17. The van der Waals surface area contributed by atoms with Crippen molar-refractivity contribution in [3.8, 4) is 0 Å². The minimum absolute atomic E-state index is 0.0766. The van der Waals surface area contributed by atoms with Crippen molar-refractivity contribution in [1.29, 1.82) is 0 Å². The van der Waals surface area contributed by atoms with E-state index in [4.69, 9.17) is 10.5 Å². The van der Waals surface area contributed by atoms with Gasteiger partial charge in [-0.15, -0.1) is 0 Å². The Morgan fingerprint density at radius 3 is 2.39 bits per heavy atom. The van der Waals surface area contributed by atoms with Crippen molar-refractivity contribution in [1.82, 2.24) is 9.80 Å². The van der Waals surface area contributed by atoms with Gasteiger partial charge in [-0.25, -0.2) is 4.79 Å². The summed E-state index contributed by atoms with van der Waals surface area (Å²) in [6, 6.07) is 0. The molecule has 18 heavy (non-hydrogen) atoms. The third-order valence-corrected chi connectivity index (χ3v) is 3.19. The van der Waals surface area contributed by atoms with Crippen molar-refractivity contribution in [2.75, 3.05) is 39.3 Å². The van der Waals surface area contributed by atoms with Crippen LogP contribution in [0.4, 0.5) is 4.79 Å². The van der Waals surface area contributed by atoms with Gasteiger partial charge in [-0.1, -0.05) is 0 Å². The minimum Gasteiger partial charge on any atom is -0.450 e. The molecule has 106 valence electrons. The summed E-state index contributed by atoms with van der Waals surface area (Å²) in [5.74, 6) is 0. The van der Waals surface area contributed by atoms with Crippen LogP contribution in [0.3, 0.4) is 0 Å². The fraction of sp³-hybridized carbons (Fsp3) is 0.923. The van der Waals surface area contributed by atoms with Crippen LogP contribution >= 0.6 is 0 Å². The molecule has 0 aromatic carbocycles. The summed E-state index contributed by atoms with van der Waals surface area (Å²) in [7, 11) is 0. The van der Waals surface area contributed by atoms with Crippen molar-refractivity contribution in [3.05, 3.63) is 0 Å². The molecule has 1 saturated heterocycles. The van der Waals surface area contributed by atoms with E-state index in [1.165, 1.54) is 0 Å². The van der Waals surface area contributed by atoms with Crippen LogP contribution in [-0.4, -0.2) is 60.8 Å². The molecule has 0 unspecified atom stereocenters. The lowest BCUT2D eigenvalue weighted by molar-refractivity contribution is 0.0789. The van der Waals surface area contributed by atoms with E-state index in [2.05, 4.69) is 18.7 Å². The average Bonchev–Trinajstić information content (AvgIpc) is 2.28. The molecule has 1 aliphatic rings. The van der Waals surface area contributed by atoms with Crippen LogP contribution in [0, 0.1) is 0 Å². The average molecular weight is 257 g/mol. The lowest BCUT2D eigenvalue weighted by Crippen LogP contribution is -2.49. The molecular formula is C13H27N3O2. The molecule has 0 saturated carbocycles. The van der Waals surface area contributed by atoms with Gasteiger partial charge >= 0.3 is 6.09 Å². The number of ether oxygens (including phenoxy) is 1. The highest BCUT2D eigenvalue weighted by Crippen LogP contribution is 2.10. The molecule has 0 aromatic heterocycles. The van der Waals surface area contributed by atoms with Gasteiger partial charge in [0.1, 0.15) is 0 Å². The quantitative estimate of drug-likeness (QED) is 0.806. The standard InChI is InChI=1S/C13H27N3O2/c1-4-18-12(17)16-10-8-15(9-11-16)7-5-6-13(2,3)14/h4-11,14H2,1-3H3. The Labute approximate surface area is 110 Å². The Hall–Kier alpha value is -0.810. The second kappa shape index (κ2) is 6.95. The zero-order valence-corrected chi connectivity index (χ0v) is 11.9. The monoisotopic (exact) mass is 257 g/mol. The van der Waals surface area contributed by atoms with Gasteiger partial charge in [0.05, 0.1) is 6.61 Å². The van der Waals surface area contributed by atoms with Crippen molar-refractivity contribution in [2.45, 2.75) is 39.2 Å².